The van der Waals surface area contributed by atoms with Gasteiger partial charge in [-0.05, 0) is 72.0 Å². The predicted octanol–water partition coefficient (Wildman–Crippen LogP) is 7.44. The zero-order valence-corrected chi connectivity index (χ0v) is 31.1. The van der Waals surface area contributed by atoms with Crippen molar-refractivity contribution in [2.75, 3.05) is 12.9 Å². The van der Waals surface area contributed by atoms with E-state index in [1.54, 1.807) is 43.9 Å². The SMILES string of the molecule is COc1ccc(S(=O)(=O)NC(=O)C[C@@]2(C)C[C@H](c3cccc(Cl)c3)[C@@H](c3ccc(Cl)cc3)N([C@H](CS(=N)(=O)C(C)C)C(C)C)C2=O)cc1. The number of benzene rings is 3. The number of ether oxygens (including phenoxy) is 1. The van der Waals surface area contributed by atoms with E-state index in [1.165, 1.54) is 31.4 Å². The molecule has 0 saturated carbocycles. The zero-order chi connectivity index (χ0) is 35.6. The average Bonchev–Trinajstić information content (AvgIpc) is 3.01. The molecule has 9 nitrogen and oxygen atoms in total. The first-order valence-corrected chi connectivity index (χ1v) is 19.7. The van der Waals surface area contributed by atoms with Gasteiger partial charge in [0.1, 0.15) is 5.75 Å². The third-order valence-corrected chi connectivity index (χ3v) is 13.3. The highest BCUT2D eigenvalue weighted by Gasteiger charge is 2.53. The summed E-state index contributed by atoms with van der Waals surface area (Å²) in [5.41, 5.74) is 0.205. The lowest BCUT2D eigenvalue weighted by Crippen LogP contribution is -2.59. The normalized spacial score (nSPS) is 22.0. The van der Waals surface area contributed by atoms with E-state index < -0.39 is 66.7 Å². The summed E-state index contributed by atoms with van der Waals surface area (Å²) >= 11 is 12.8. The fourth-order valence-corrected chi connectivity index (χ4v) is 9.05. The Hall–Kier alpha value is -3.12. The molecule has 0 aliphatic carbocycles. The highest BCUT2D eigenvalue weighted by atomic mass is 35.5. The molecule has 0 radical (unpaired) electrons. The van der Waals surface area contributed by atoms with E-state index in [4.69, 9.17) is 32.7 Å². The van der Waals surface area contributed by atoms with Crippen molar-refractivity contribution in [1.29, 1.82) is 4.78 Å². The summed E-state index contributed by atoms with van der Waals surface area (Å²) in [5, 5.41) is 0.544. The Morgan fingerprint density at radius 1 is 0.979 bits per heavy atom. The Kier molecular flexibility index (Phi) is 11.6. The summed E-state index contributed by atoms with van der Waals surface area (Å²) in [7, 11) is -5.94. The summed E-state index contributed by atoms with van der Waals surface area (Å²) in [4.78, 5) is 30.1. The van der Waals surface area contributed by atoms with Crippen molar-refractivity contribution in [3.63, 3.8) is 0 Å². The van der Waals surface area contributed by atoms with E-state index in [9.17, 15) is 22.2 Å². The van der Waals surface area contributed by atoms with E-state index in [1.807, 2.05) is 44.2 Å². The van der Waals surface area contributed by atoms with E-state index in [-0.39, 0.29) is 23.0 Å². The number of hydrogen-bond acceptors (Lipinski definition) is 7. The summed E-state index contributed by atoms with van der Waals surface area (Å²) < 4.78 is 56.1. The van der Waals surface area contributed by atoms with Crippen LogP contribution in [0.5, 0.6) is 5.75 Å². The molecule has 4 rings (SSSR count). The molecular formula is C35H43Cl2N3O6S2. The van der Waals surface area contributed by atoms with Crippen LogP contribution in [0, 0.1) is 16.1 Å². The van der Waals surface area contributed by atoms with Crippen molar-refractivity contribution < 1.29 is 27.0 Å². The number of amides is 2. The minimum atomic E-state index is -4.26. The molecule has 5 atom stereocenters. The van der Waals surface area contributed by atoms with Gasteiger partial charge in [-0.3, -0.25) is 14.4 Å². The lowest BCUT2D eigenvalue weighted by atomic mass is 9.66. The van der Waals surface area contributed by atoms with Crippen LogP contribution in [0.3, 0.4) is 0 Å². The molecule has 1 aliphatic heterocycles. The Morgan fingerprint density at radius 3 is 2.15 bits per heavy atom. The van der Waals surface area contributed by atoms with Gasteiger partial charge in [0.15, 0.2) is 0 Å². The number of methoxy groups -OCH3 is 1. The fraction of sp³-hybridized carbons (Fsp3) is 0.429. The standard InChI is InChI=1S/C35H43Cl2N3O6S2/c1-22(2)31(21-47(38,43)23(3)4)40-33(24-10-12-26(36)13-11-24)30(25-8-7-9-27(37)18-25)19-35(5,34(40)42)20-32(41)39-48(44,45)29-16-14-28(46-6)15-17-29/h7-18,22-23,30-31,33,38H,19-21H2,1-6H3,(H,39,41)/t30-,31-,33-,35-,47?/m1/s1. The number of carbonyl (C=O) groups excluding carboxylic acids is 2. The highest BCUT2D eigenvalue weighted by molar-refractivity contribution is 7.93. The number of carbonyl (C=O) groups is 2. The summed E-state index contributed by atoms with van der Waals surface area (Å²) in [6.07, 6.45) is -0.259. The van der Waals surface area contributed by atoms with Crippen molar-refractivity contribution >= 4 is 54.8 Å². The van der Waals surface area contributed by atoms with Crippen LogP contribution in [0.2, 0.25) is 10.0 Å². The Morgan fingerprint density at radius 2 is 1.60 bits per heavy atom. The van der Waals surface area contributed by atoms with Crippen LogP contribution in [-0.4, -0.2) is 53.5 Å². The highest BCUT2D eigenvalue weighted by Crippen LogP contribution is 2.52. The van der Waals surface area contributed by atoms with Crippen LogP contribution in [0.15, 0.2) is 77.7 Å². The van der Waals surface area contributed by atoms with Crippen LogP contribution in [-0.2, 0) is 29.3 Å². The zero-order valence-electron chi connectivity index (χ0n) is 27.9. The van der Waals surface area contributed by atoms with Gasteiger partial charge in [0, 0.05) is 43.4 Å². The topological polar surface area (TPSA) is 134 Å². The second-order valence-corrected chi connectivity index (χ2v) is 18.6. The maximum absolute atomic E-state index is 15.0. The first-order chi connectivity index (χ1) is 22.4. The molecule has 0 spiro atoms. The van der Waals surface area contributed by atoms with Crippen LogP contribution < -0.4 is 9.46 Å². The second kappa shape index (κ2) is 14.8. The van der Waals surface area contributed by atoms with Gasteiger partial charge < -0.3 is 9.64 Å². The molecule has 1 unspecified atom stereocenters. The number of nitrogens with one attached hydrogen (secondary N) is 2. The number of piperidine rings is 1. The molecule has 2 N–H and O–H groups in total. The van der Waals surface area contributed by atoms with Gasteiger partial charge in [-0.2, -0.15) is 0 Å². The molecule has 0 bridgehead atoms. The second-order valence-electron chi connectivity index (χ2n) is 13.3. The quantitative estimate of drug-likeness (QED) is 0.199. The van der Waals surface area contributed by atoms with Crippen molar-refractivity contribution in [3.8, 4) is 5.75 Å². The van der Waals surface area contributed by atoms with Gasteiger partial charge >= 0.3 is 0 Å². The molecular weight excluding hydrogens is 693 g/mol. The number of sulfonamides is 1. The van der Waals surface area contributed by atoms with Gasteiger partial charge in [-0.15, -0.1) is 0 Å². The molecule has 260 valence electrons. The lowest BCUT2D eigenvalue weighted by Gasteiger charge is -2.53. The van der Waals surface area contributed by atoms with Gasteiger partial charge in [0.05, 0.1) is 29.2 Å². The number of rotatable bonds is 12. The predicted molar refractivity (Wildman–Crippen MR) is 190 cm³/mol. The number of hydrogen-bond donors (Lipinski definition) is 2. The third kappa shape index (κ3) is 8.35. The first kappa shape index (κ1) is 37.7. The van der Waals surface area contributed by atoms with Crippen molar-refractivity contribution in [2.45, 2.75) is 75.6 Å². The minimum Gasteiger partial charge on any atom is -0.497 e. The number of halogens is 2. The molecule has 3 aromatic carbocycles. The minimum absolute atomic E-state index is 0.0748. The van der Waals surface area contributed by atoms with Crippen LogP contribution in [0.4, 0.5) is 0 Å². The molecule has 1 aliphatic rings. The van der Waals surface area contributed by atoms with E-state index in [0.717, 1.165) is 11.1 Å². The van der Waals surface area contributed by atoms with Gasteiger partial charge in [-0.25, -0.2) is 17.3 Å². The Balaban J connectivity index is 1.85. The molecule has 1 saturated heterocycles. The largest absolute Gasteiger partial charge is 0.497 e. The monoisotopic (exact) mass is 735 g/mol. The summed E-state index contributed by atoms with van der Waals surface area (Å²) in [6.45, 7) is 8.96. The van der Waals surface area contributed by atoms with Crippen molar-refractivity contribution in [3.05, 3.63) is 94.0 Å². The molecule has 1 fully saturated rings. The smallest absolute Gasteiger partial charge is 0.264 e. The van der Waals surface area contributed by atoms with Gasteiger partial charge in [-0.1, -0.05) is 82.1 Å². The van der Waals surface area contributed by atoms with Crippen molar-refractivity contribution in [2.24, 2.45) is 11.3 Å². The maximum atomic E-state index is 15.0. The van der Waals surface area contributed by atoms with E-state index in [2.05, 4.69) is 4.72 Å². The summed E-state index contributed by atoms with van der Waals surface area (Å²) in [6, 6.07) is 18.8. The lowest BCUT2D eigenvalue weighted by molar-refractivity contribution is -0.157. The Bertz CT molecular complexity index is 1850. The van der Waals surface area contributed by atoms with E-state index in [0.29, 0.717) is 15.8 Å². The molecule has 48 heavy (non-hydrogen) atoms. The van der Waals surface area contributed by atoms with Crippen LogP contribution >= 0.6 is 23.2 Å². The Labute approximate surface area is 294 Å². The first-order valence-electron chi connectivity index (χ1n) is 15.7. The van der Waals surface area contributed by atoms with Gasteiger partial charge in [0.25, 0.3) is 10.0 Å². The van der Waals surface area contributed by atoms with Crippen LogP contribution in [0.1, 0.15) is 70.5 Å². The average molecular weight is 737 g/mol. The van der Waals surface area contributed by atoms with E-state index >= 15 is 0 Å². The maximum Gasteiger partial charge on any atom is 0.264 e. The molecule has 3 aromatic rings. The third-order valence-electron chi connectivity index (χ3n) is 9.07. The molecule has 1 heterocycles. The molecule has 2 amide bonds. The number of likely N-dealkylation sites (tertiary alicyclic amines) is 1. The van der Waals surface area contributed by atoms with Crippen LogP contribution in [0.25, 0.3) is 0 Å². The van der Waals surface area contributed by atoms with Gasteiger partial charge in [0.2, 0.25) is 11.8 Å². The summed E-state index contributed by atoms with van der Waals surface area (Å²) in [5.74, 6) is -1.49. The van der Waals surface area contributed by atoms with Crippen molar-refractivity contribution in [1.82, 2.24) is 9.62 Å². The fourth-order valence-electron chi connectivity index (χ4n) is 6.31. The molecule has 13 heteroatoms. The number of nitrogens with zero attached hydrogens (tertiary/aromatic N) is 1. The molecule has 0 aromatic heterocycles.